The number of H-pyrrole nitrogens is 1. The molecule has 0 atom stereocenters. The van der Waals surface area contributed by atoms with Crippen LogP contribution in [-0.2, 0) is 0 Å². The van der Waals surface area contributed by atoms with E-state index in [4.69, 9.17) is 0 Å². The number of aromatic amines is 1. The molecule has 0 aliphatic heterocycles. The van der Waals surface area contributed by atoms with Gasteiger partial charge in [-0.1, -0.05) is 37.3 Å². The number of aryl methyl sites for hydroxylation is 1. The van der Waals surface area contributed by atoms with E-state index in [9.17, 15) is 0 Å². The molecule has 0 amide bonds. The van der Waals surface area contributed by atoms with Crippen molar-refractivity contribution in [2.24, 2.45) is 0 Å². The summed E-state index contributed by atoms with van der Waals surface area (Å²) in [6, 6.07) is 6.74. The number of benzene rings is 1. The van der Waals surface area contributed by atoms with E-state index in [1.165, 1.54) is 55.0 Å². The van der Waals surface area contributed by atoms with E-state index >= 15 is 0 Å². The first-order chi connectivity index (χ1) is 8.34. The van der Waals surface area contributed by atoms with Crippen LogP contribution < -0.4 is 0 Å². The van der Waals surface area contributed by atoms with Crippen LogP contribution in [0.1, 0.15) is 55.6 Å². The van der Waals surface area contributed by atoms with Gasteiger partial charge in [-0.15, -0.1) is 0 Å². The first kappa shape index (κ1) is 10.9. The topological polar surface area (TPSA) is 15.8 Å². The second-order valence-electron chi connectivity index (χ2n) is 5.48. The van der Waals surface area contributed by atoms with Crippen LogP contribution in [0.2, 0.25) is 0 Å². The molecule has 1 aromatic heterocycles. The molecule has 1 aliphatic carbocycles. The SMILES string of the molecule is Cc1ccc2[nH]cc(C3CCCCCC3)c2c1. The van der Waals surface area contributed by atoms with Gasteiger partial charge in [0.25, 0.3) is 0 Å². The first-order valence-corrected chi connectivity index (χ1v) is 6.92. The third kappa shape index (κ3) is 2.11. The molecule has 1 heteroatoms. The summed E-state index contributed by atoms with van der Waals surface area (Å²) in [4.78, 5) is 3.43. The van der Waals surface area contributed by atoms with E-state index in [1.54, 1.807) is 5.56 Å². The normalized spacial score (nSPS) is 18.4. The fraction of sp³-hybridized carbons (Fsp3) is 0.500. The van der Waals surface area contributed by atoms with Crippen LogP contribution in [0.3, 0.4) is 0 Å². The second kappa shape index (κ2) is 4.56. The zero-order chi connectivity index (χ0) is 11.7. The maximum Gasteiger partial charge on any atom is 0.0457 e. The molecule has 90 valence electrons. The lowest BCUT2D eigenvalue weighted by atomic mass is 9.91. The van der Waals surface area contributed by atoms with Crippen molar-refractivity contribution in [3.8, 4) is 0 Å². The molecule has 1 saturated carbocycles. The fourth-order valence-corrected chi connectivity index (χ4v) is 3.18. The van der Waals surface area contributed by atoms with Crippen LogP contribution in [0.25, 0.3) is 10.9 Å². The van der Waals surface area contributed by atoms with Crippen molar-refractivity contribution in [3.05, 3.63) is 35.5 Å². The Bertz CT molecular complexity index is 501. The van der Waals surface area contributed by atoms with Gasteiger partial charge in [-0.05, 0) is 43.4 Å². The highest BCUT2D eigenvalue weighted by Crippen LogP contribution is 2.35. The summed E-state index contributed by atoms with van der Waals surface area (Å²) in [5, 5.41) is 1.46. The number of fused-ring (bicyclic) bond motifs is 1. The fourth-order valence-electron chi connectivity index (χ4n) is 3.18. The van der Waals surface area contributed by atoms with Crippen LogP contribution in [-0.4, -0.2) is 4.98 Å². The summed E-state index contributed by atoms with van der Waals surface area (Å²) in [6.45, 7) is 2.18. The van der Waals surface area contributed by atoms with E-state index < -0.39 is 0 Å². The molecule has 1 nitrogen and oxygen atoms in total. The standard InChI is InChI=1S/C16H21N/c1-12-8-9-16-14(10-12)15(11-17-16)13-6-4-2-3-5-7-13/h8-11,13,17H,2-7H2,1H3. The molecule has 1 heterocycles. The molecule has 1 aromatic carbocycles. The van der Waals surface area contributed by atoms with Crippen molar-refractivity contribution in [2.75, 3.05) is 0 Å². The number of hydrogen-bond donors (Lipinski definition) is 1. The van der Waals surface area contributed by atoms with Crippen molar-refractivity contribution in [3.63, 3.8) is 0 Å². The Morgan fingerprint density at radius 1 is 1.06 bits per heavy atom. The quantitative estimate of drug-likeness (QED) is 0.666. The molecular formula is C16H21N. The Morgan fingerprint density at radius 2 is 1.82 bits per heavy atom. The predicted octanol–water partition coefficient (Wildman–Crippen LogP) is 4.91. The highest BCUT2D eigenvalue weighted by atomic mass is 14.7. The van der Waals surface area contributed by atoms with Gasteiger partial charge in [-0.2, -0.15) is 0 Å². The van der Waals surface area contributed by atoms with Gasteiger partial charge in [-0.3, -0.25) is 0 Å². The number of nitrogens with one attached hydrogen (secondary N) is 1. The molecule has 2 aromatic rings. The van der Waals surface area contributed by atoms with Crippen molar-refractivity contribution < 1.29 is 0 Å². The molecule has 0 bridgehead atoms. The van der Waals surface area contributed by atoms with Gasteiger partial charge in [-0.25, -0.2) is 0 Å². The third-order valence-electron chi connectivity index (χ3n) is 4.16. The molecule has 1 aliphatic rings. The van der Waals surface area contributed by atoms with Gasteiger partial charge in [0.05, 0.1) is 0 Å². The molecule has 1 N–H and O–H groups in total. The molecule has 0 spiro atoms. The molecule has 3 rings (SSSR count). The van der Waals surface area contributed by atoms with Gasteiger partial charge < -0.3 is 4.98 Å². The zero-order valence-corrected chi connectivity index (χ0v) is 10.6. The van der Waals surface area contributed by atoms with Crippen LogP contribution >= 0.6 is 0 Å². The van der Waals surface area contributed by atoms with E-state index in [2.05, 4.69) is 36.3 Å². The predicted molar refractivity (Wildman–Crippen MR) is 73.5 cm³/mol. The van der Waals surface area contributed by atoms with Crippen LogP contribution in [0.5, 0.6) is 0 Å². The molecular weight excluding hydrogens is 206 g/mol. The summed E-state index contributed by atoms with van der Waals surface area (Å²) < 4.78 is 0. The lowest BCUT2D eigenvalue weighted by Gasteiger charge is -2.13. The van der Waals surface area contributed by atoms with Crippen molar-refractivity contribution in [1.29, 1.82) is 0 Å². The average molecular weight is 227 g/mol. The van der Waals surface area contributed by atoms with E-state index in [0.29, 0.717) is 0 Å². The summed E-state index contributed by atoms with van der Waals surface area (Å²) in [6.07, 6.45) is 10.7. The Morgan fingerprint density at radius 3 is 2.59 bits per heavy atom. The summed E-state index contributed by atoms with van der Waals surface area (Å²) in [7, 11) is 0. The maximum atomic E-state index is 3.43. The average Bonchev–Trinajstić information content (AvgIpc) is 2.58. The lowest BCUT2D eigenvalue weighted by molar-refractivity contribution is 0.596. The number of rotatable bonds is 1. The second-order valence-corrected chi connectivity index (χ2v) is 5.48. The largest absolute Gasteiger partial charge is 0.361 e. The Balaban J connectivity index is 2.00. The summed E-state index contributed by atoms with van der Waals surface area (Å²) in [5.41, 5.74) is 4.23. The number of hydrogen-bond acceptors (Lipinski definition) is 0. The minimum absolute atomic E-state index is 0.785. The summed E-state index contributed by atoms with van der Waals surface area (Å²) >= 11 is 0. The van der Waals surface area contributed by atoms with Crippen LogP contribution in [0.15, 0.2) is 24.4 Å². The monoisotopic (exact) mass is 227 g/mol. The van der Waals surface area contributed by atoms with Crippen molar-refractivity contribution >= 4 is 10.9 Å². The highest BCUT2D eigenvalue weighted by Gasteiger charge is 2.17. The van der Waals surface area contributed by atoms with E-state index in [-0.39, 0.29) is 0 Å². The Hall–Kier alpha value is -1.24. The minimum Gasteiger partial charge on any atom is -0.361 e. The minimum atomic E-state index is 0.785. The van der Waals surface area contributed by atoms with Gasteiger partial charge >= 0.3 is 0 Å². The summed E-state index contributed by atoms with van der Waals surface area (Å²) in [5.74, 6) is 0.785. The van der Waals surface area contributed by atoms with Crippen LogP contribution in [0, 0.1) is 6.92 Å². The third-order valence-corrected chi connectivity index (χ3v) is 4.16. The molecule has 0 radical (unpaired) electrons. The van der Waals surface area contributed by atoms with E-state index in [0.717, 1.165) is 5.92 Å². The lowest BCUT2D eigenvalue weighted by Crippen LogP contribution is -1.95. The van der Waals surface area contributed by atoms with Crippen LogP contribution in [0.4, 0.5) is 0 Å². The van der Waals surface area contributed by atoms with Crippen molar-refractivity contribution in [1.82, 2.24) is 4.98 Å². The number of aromatic nitrogens is 1. The van der Waals surface area contributed by atoms with Gasteiger partial charge in [0, 0.05) is 17.1 Å². The smallest absolute Gasteiger partial charge is 0.0457 e. The highest BCUT2D eigenvalue weighted by molar-refractivity contribution is 5.84. The van der Waals surface area contributed by atoms with Gasteiger partial charge in [0.15, 0.2) is 0 Å². The van der Waals surface area contributed by atoms with Crippen molar-refractivity contribution in [2.45, 2.75) is 51.4 Å². The Kier molecular flexibility index (Phi) is 2.92. The van der Waals surface area contributed by atoms with Gasteiger partial charge in [0.1, 0.15) is 0 Å². The Labute approximate surface area is 103 Å². The van der Waals surface area contributed by atoms with E-state index in [1.807, 2.05) is 0 Å². The zero-order valence-electron chi connectivity index (χ0n) is 10.6. The first-order valence-electron chi connectivity index (χ1n) is 6.92. The maximum absolute atomic E-state index is 3.43. The molecule has 0 unspecified atom stereocenters. The molecule has 0 saturated heterocycles. The molecule has 1 fully saturated rings. The molecule has 17 heavy (non-hydrogen) atoms. The van der Waals surface area contributed by atoms with Gasteiger partial charge in [0.2, 0.25) is 0 Å².